The van der Waals surface area contributed by atoms with Crippen LogP contribution < -0.4 is 42.5 Å². The number of fused-ring (bicyclic) bond motifs is 2. The molecule has 422 valence electrons. The normalized spacial score (nSPS) is 19.8. The number of amides is 8. The Bertz CT molecular complexity index is 2790. The van der Waals surface area contributed by atoms with Crippen LogP contribution in [0.3, 0.4) is 0 Å². The van der Waals surface area contributed by atoms with Crippen molar-refractivity contribution in [2.45, 2.75) is 152 Å². The zero-order chi connectivity index (χ0) is 56.7. The summed E-state index contributed by atoms with van der Waals surface area (Å²) in [6.45, 7) is 4.06. The van der Waals surface area contributed by atoms with E-state index < -0.39 is 59.9 Å². The molecule has 18 heteroatoms. The van der Waals surface area contributed by atoms with Crippen molar-refractivity contribution in [2.75, 3.05) is 37.8 Å². The fraction of sp³-hybridized carbons (Fsp3) is 0.452. The van der Waals surface area contributed by atoms with Crippen molar-refractivity contribution in [3.05, 3.63) is 130 Å². The average Bonchev–Trinajstić information content (AvgIpc) is 4.21. The van der Waals surface area contributed by atoms with Gasteiger partial charge < -0.3 is 52.3 Å². The molecule has 4 aromatic carbocycles. The fourth-order valence-corrected chi connectivity index (χ4v) is 11.2. The van der Waals surface area contributed by atoms with Crippen LogP contribution in [0.1, 0.15) is 136 Å². The lowest BCUT2D eigenvalue weighted by molar-refractivity contribution is -0.142. The number of carbonyl (C=O) groups is 8. The second kappa shape index (κ2) is 27.8. The number of carbonyl (C=O) groups excluding carboxylic acids is 8. The van der Waals surface area contributed by atoms with Gasteiger partial charge in [-0.15, -0.1) is 0 Å². The zero-order valence-electron chi connectivity index (χ0n) is 46.3. The van der Waals surface area contributed by atoms with E-state index in [-0.39, 0.29) is 61.4 Å². The van der Waals surface area contributed by atoms with Crippen LogP contribution in [-0.4, -0.2) is 120 Å². The molecule has 0 bridgehead atoms. The van der Waals surface area contributed by atoms with E-state index in [0.29, 0.717) is 61.3 Å². The lowest BCUT2D eigenvalue weighted by Gasteiger charge is -2.32. The van der Waals surface area contributed by atoms with Gasteiger partial charge in [0.1, 0.15) is 24.2 Å². The van der Waals surface area contributed by atoms with Gasteiger partial charge in [-0.05, 0) is 164 Å². The molecule has 0 unspecified atom stereocenters. The predicted molar refractivity (Wildman–Crippen MR) is 305 cm³/mol. The van der Waals surface area contributed by atoms with Crippen LogP contribution in [0.4, 0.5) is 11.4 Å². The Labute approximate surface area is 469 Å². The third kappa shape index (κ3) is 15.1. The minimum atomic E-state index is -1.05. The molecule has 0 saturated carbocycles. The summed E-state index contributed by atoms with van der Waals surface area (Å²) in [4.78, 5) is 113. The van der Waals surface area contributed by atoms with Crippen LogP contribution in [0.2, 0.25) is 0 Å². The first-order valence-electron chi connectivity index (χ1n) is 28.3. The summed E-state index contributed by atoms with van der Waals surface area (Å²) in [6.07, 6.45) is 7.48. The molecule has 8 N–H and O–H groups in total. The number of benzene rings is 4. The summed E-state index contributed by atoms with van der Waals surface area (Å²) in [7, 11) is 3.28. The smallest absolute Gasteiger partial charge is 0.245 e. The van der Waals surface area contributed by atoms with E-state index in [4.69, 9.17) is 0 Å². The molecule has 4 aliphatic rings. The molecule has 0 spiro atoms. The van der Waals surface area contributed by atoms with Crippen LogP contribution in [0.25, 0.3) is 0 Å². The largest absolute Gasteiger partial charge is 0.347 e. The van der Waals surface area contributed by atoms with E-state index in [1.54, 1.807) is 86.3 Å². The van der Waals surface area contributed by atoms with Gasteiger partial charge in [0.15, 0.2) is 0 Å². The highest BCUT2D eigenvalue weighted by Crippen LogP contribution is 2.32. The summed E-state index contributed by atoms with van der Waals surface area (Å²) in [5, 5.41) is 23.7. The van der Waals surface area contributed by atoms with Gasteiger partial charge in [0.2, 0.25) is 47.3 Å². The summed E-state index contributed by atoms with van der Waals surface area (Å²) >= 11 is 0. The van der Waals surface area contributed by atoms with Crippen molar-refractivity contribution < 1.29 is 38.4 Å². The van der Waals surface area contributed by atoms with E-state index in [9.17, 15) is 38.4 Å². The van der Waals surface area contributed by atoms with Gasteiger partial charge in [-0.25, -0.2) is 0 Å². The van der Waals surface area contributed by atoms with Crippen LogP contribution >= 0.6 is 0 Å². The molecule has 2 fully saturated rings. The monoisotopic (exact) mass is 1090 g/mol. The topological polar surface area (TPSA) is 239 Å². The summed E-state index contributed by atoms with van der Waals surface area (Å²) in [6, 6.07) is 25.2. The number of rotatable bonds is 20. The van der Waals surface area contributed by atoms with Crippen molar-refractivity contribution in [3.63, 3.8) is 0 Å². The Balaban J connectivity index is 0.852. The Hall–Kier alpha value is -7.88. The highest BCUT2D eigenvalue weighted by atomic mass is 16.2. The van der Waals surface area contributed by atoms with Crippen molar-refractivity contribution in [2.24, 2.45) is 0 Å². The number of hydrogen-bond acceptors (Lipinski definition) is 10. The lowest BCUT2D eigenvalue weighted by Crippen LogP contribution is -2.55. The molecular formula is C62H76N10O8. The average molecular weight is 1090 g/mol. The highest BCUT2D eigenvalue weighted by molar-refractivity contribution is 5.97. The number of anilines is 2. The molecule has 8 amide bonds. The number of likely N-dealkylation sites (tertiary alicyclic amines) is 2. The zero-order valence-corrected chi connectivity index (χ0v) is 46.3. The van der Waals surface area contributed by atoms with Crippen LogP contribution in [0.5, 0.6) is 0 Å². The van der Waals surface area contributed by atoms with Crippen LogP contribution in [0.15, 0.2) is 97.1 Å². The number of aryl methyl sites for hydroxylation is 2. The molecule has 8 atom stereocenters. The van der Waals surface area contributed by atoms with E-state index in [1.165, 1.54) is 11.1 Å². The van der Waals surface area contributed by atoms with Crippen molar-refractivity contribution >= 4 is 58.6 Å². The standard InChI is InChI=1S/C62H76N10O8/c1-39(63-3)57(75)69-51(61(79)71-35-13-27-53(71)59(77)67-49-25-11-19-43-17-5-7-23-47(43)49)31-33-55(73)65-45-21-9-15-41(37-45)29-30-42-16-10-22-46(38-42)66-56(74)34-32-52(70-58(76)40(2)64-4)62(80)72-36-14-28-54(72)60(78)68-50-26-12-20-44-18-6-8-24-48(44)50/h5-10,15-18,21-24,37-40,49-54,63-64H,11-14,19-20,25-28,31-36H2,1-4H3,(H,65,73)(H,66,74)(H,67,77)(H,68,78)(H,69,75)(H,70,76)/t39-,40-,49+,50+,51-,52-,53-,54-/m0/s1. The van der Waals surface area contributed by atoms with E-state index in [2.05, 4.69) is 66.5 Å². The third-order valence-electron chi connectivity index (χ3n) is 15.9. The second-order valence-electron chi connectivity index (χ2n) is 21.4. The van der Waals surface area contributed by atoms with Crippen LogP contribution in [-0.2, 0) is 51.2 Å². The van der Waals surface area contributed by atoms with Gasteiger partial charge in [0.05, 0.1) is 24.2 Å². The molecule has 2 aliphatic carbocycles. The van der Waals surface area contributed by atoms with E-state index in [0.717, 1.165) is 49.7 Å². The van der Waals surface area contributed by atoms with Crippen molar-refractivity contribution in [3.8, 4) is 11.8 Å². The van der Waals surface area contributed by atoms with Crippen molar-refractivity contribution in [1.29, 1.82) is 0 Å². The molecule has 2 aliphatic heterocycles. The molecule has 8 rings (SSSR count). The minimum Gasteiger partial charge on any atom is -0.347 e. The quantitative estimate of drug-likeness (QED) is 0.0547. The Kier molecular flexibility index (Phi) is 20.3. The third-order valence-corrected chi connectivity index (χ3v) is 15.9. The molecule has 80 heavy (non-hydrogen) atoms. The number of hydrogen-bond donors (Lipinski definition) is 8. The SMILES string of the molecule is CN[C@@H](C)C(=O)N[C@@H](CCC(=O)Nc1cccc(C#Cc2cccc(NC(=O)CC[C@H](NC(=O)[C@H](C)NC)C(=O)N3CCC[C@H]3C(=O)N[C@@H]3CCCc4ccccc43)c2)c1)C(=O)N1CCC[C@H]1C(=O)N[C@@H]1CCCc2ccccc21. The summed E-state index contributed by atoms with van der Waals surface area (Å²) in [5.74, 6) is 3.40. The molecule has 0 radical (unpaired) electrons. The van der Waals surface area contributed by atoms with E-state index >= 15 is 0 Å². The number of nitrogens with zero attached hydrogens (tertiary/aromatic N) is 2. The maximum atomic E-state index is 14.3. The summed E-state index contributed by atoms with van der Waals surface area (Å²) < 4.78 is 0. The number of nitrogens with one attached hydrogen (secondary N) is 8. The first-order valence-corrected chi connectivity index (χ1v) is 28.3. The Morgan fingerprint density at radius 2 is 0.938 bits per heavy atom. The number of likely N-dealkylation sites (N-methyl/N-ethyl adjacent to an activating group) is 2. The van der Waals surface area contributed by atoms with Gasteiger partial charge in [0, 0.05) is 48.4 Å². The predicted octanol–water partition coefficient (Wildman–Crippen LogP) is 5.08. The Morgan fingerprint density at radius 1 is 0.525 bits per heavy atom. The Morgan fingerprint density at radius 3 is 1.35 bits per heavy atom. The van der Waals surface area contributed by atoms with Gasteiger partial charge in [-0.1, -0.05) is 72.5 Å². The van der Waals surface area contributed by atoms with E-state index in [1.807, 2.05) is 36.4 Å². The first kappa shape index (κ1) is 58.3. The van der Waals surface area contributed by atoms with Gasteiger partial charge in [-0.3, -0.25) is 38.4 Å². The lowest BCUT2D eigenvalue weighted by atomic mass is 9.87. The molecule has 0 aromatic heterocycles. The van der Waals surface area contributed by atoms with Gasteiger partial charge in [-0.2, -0.15) is 0 Å². The molecule has 2 saturated heterocycles. The maximum absolute atomic E-state index is 14.3. The fourth-order valence-electron chi connectivity index (χ4n) is 11.2. The van der Waals surface area contributed by atoms with Gasteiger partial charge in [0.25, 0.3) is 0 Å². The minimum absolute atomic E-state index is 0.00114. The van der Waals surface area contributed by atoms with Crippen LogP contribution in [0, 0.1) is 11.8 Å². The molecule has 2 heterocycles. The van der Waals surface area contributed by atoms with Gasteiger partial charge >= 0.3 is 0 Å². The highest BCUT2D eigenvalue weighted by Gasteiger charge is 2.41. The first-order chi connectivity index (χ1) is 38.7. The molecular weight excluding hydrogens is 1010 g/mol. The van der Waals surface area contributed by atoms with Crippen molar-refractivity contribution in [1.82, 2.24) is 41.7 Å². The summed E-state index contributed by atoms with van der Waals surface area (Å²) in [5.41, 5.74) is 6.76. The second-order valence-corrected chi connectivity index (χ2v) is 21.4. The molecule has 4 aromatic rings. The maximum Gasteiger partial charge on any atom is 0.245 e. The molecule has 18 nitrogen and oxygen atoms in total.